The lowest BCUT2D eigenvalue weighted by atomic mass is 9.61. The van der Waals surface area contributed by atoms with E-state index in [4.69, 9.17) is 0 Å². The van der Waals surface area contributed by atoms with Crippen molar-refractivity contribution in [3.05, 3.63) is 39.7 Å². The summed E-state index contributed by atoms with van der Waals surface area (Å²) in [5.41, 5.74) is 1.90. The summed E-state index contributed by atoms with van der Waals surface area (Å²) >= 11 is 0. The second-order valence-corrected chi connectivity index (χ2v) is 9.80. The van der Waals surface area contributed by atoms with Crippen molar-refractivity contribution in [2.24, 2.45) is 17.8 Å². The first-order valence-corrected chi connectivity index (χ1v) is 11.4. The quantitative estimate of drug-likeness (QED) is 0.531. The predicted molar refractivity (Wildman–Crippen MR) is 133 cm³/mol. The van der Waals surface area contributed by atoms with Crippen LogP contribution in [-0.2, 0) is 32.0 Å². The van der Waals surface area contributed by atoms with Crippen LogP contribution in [0.4, 0.5) is 5.69 Å². The van der Waals surface area contributed by atoms with Gasteiger partial charge in [0.15, 0.2) is 17.3 Å². The summed E-state index contributed by atoms with van der Waals surface area (Å²) in [6.45, 7) is 2.64. The van der Waals surface area contributed by atoms with Crippen molar-refractivity contribution in [3.63, 3.8) is 0 Å². The van der Waals surface area contributed by atoms with Gasteiger partial charge in [-0.3, -0.25) is 14.4 Å². The fraction of sp³-hybridized carbons (Fsp3) is 0.462. The number of fused-ring (bicyclic) bond motifs is 3. The molecule has 0 amide bonds. The normalized spacial score (nSPS) is 23.3. The first kappa shape index (κ1) is 26.2. The van der Waals surface area contributed by atoms with Gasteiger partial charge in [-0.05, 0) is 62.1 Å². The molecular formula is C26H35NO8. The topological polar surface area (TPSA) is 164 Å². The molecule has 1 saturated carbocycles. The van der Waals surface area contributed by atoms with Gasteiger partial charge in [0, 0.05) is 41.1 Å². The van der Waals surface area contributed by atoms with Gasteiger partial charge in [-0.2, -0.15) is 0 Å². The molecule has 3 aliphatic rings. The van der Waals surface area contributed by atoms with Gasteiger partial charge in [-0.25, -0.2) is 0 Å². The number of allylic oxidation sites excluding steroid dienone is 3. The summed E-state index contributed by atoms with van der Waals surface area (Å²) in [7, 11) is 3.68. The number of rotatable bonds is 5. The van der Waals surface area contributed by atoms with Crippen LogP contribution in [0.5, 0.6) is 5.75 Å². The molecular weight excluding hydrogens is 454 g/mol. The van der Waals surface area contributed by atoms with E-state index < -0.39 is 34.9 Å². The van der Waals surface area contributed by atoms with Crippen molar-refractivity contribution in [1.29, 1.82) is 0 Å². The molecule has 5 N–H and O–H groups in total. The predicted octanol–water partition coefficient (Wildman–Crippen LogP) is 2.67. The number of aliphatic hydroxyl groups excluding tert-OH is 2. The van der Waals surface area contributed by atoms with E-state index >= 15 is 0 Å². The Balaban J connectivity index is 0.00000228. The first-order valence-electron chi connectivity index (χ1n) is 11.4. The van der Waals surface area contributed by atoms with E-state index in [1.54, 1.807) is 6.07 Å². The molecule has 1 aromatic carbocycles. The summed E-state index contributed by atoms with van der Waals surface area (Å²) in [4.78, 5) is 51.4. The summed E-state index contributed by atoms with van der Waals surface area (Å²) < 4.78 is 0. The average molecular weight is 490 g/mol. The van der Waals surface area contributed by atoms with Crippen LogP contribution in [0.15, 0.2) is 23.0 Å². The Hall–Kier alpha value is -3.46. The van der Waals surface area contributed by atoms with Crippen LogP contribution in [0.2, 0.25) is 0 Å². The highest BCUT2D eigenvalue weighted by molar-refractivity contribution is 6.22. The number of phenolic OH excluding ortho intramolecular Hbond substituents is 1. The van der Waals surface area contributed by atoms with E-state index in [9.17, 15) is 34.5 Å². The highest BCUT2D eigenvalue weighted by Crippen LogP contribution is 2.52. The molecule has 9 heteroatoms. The van der Waals surface area contributed by atoms with E-state index in [1.807, 2.05) is 19.0 Å². The number of anilines is 1. The molecule has 0 radical (unpaired) electrons. The molecule has 3 unspecified atom stereocenters. The van der Waals surface area contributed by atoms with Gasteiger partial charge >= 0.3 is 0 Å². The molecule has 0 aromatic heterocycles. The molecule has 1 fully saturated rings. The van der Waals surface area contributed by atoms with Crippen LogP contribution < -0.4 is 4.90 Å². The van der Waals surface area contributed by atoms with Crippen LogP contribution in [-0.4, -0.2) is 58.0 Å². The van der Waals surface area contributed by atoms with Crippen molar-refractivity contribution in [1.82, 2.24) is 0 Å². The molecule has 192 valence electrons. The minimum atomic E-state index is -1.07. The fourth-order valence-electron chi connectivity index (χ4n) is 5.76. The maximum absolute atomic E-state index is 13.6. The standard InChI is InChI=1S/C26H29NO7.H2O.2H2/c1-11(28)5-6-13-9-17(27(3)4)16-8-14-7-15-10-18(30)19(12(2)29)24(32)21(15)25(33)20(14)26(34)22(16)23(13)31;;;/h9,14-15,21,31-32,34H,5-8,10H2,1-4H3;1H2;2*1H. The fourth-order valence-corrected chi connectivity index (χ4v) is 5.76. The van der Waals surface area contributed by atoms with Crippen LogP contribution in [0, 0.1) is 17.8 Å². The maximum Gasteiger partial charge on any atom is 0.173 e. The van der Waals surface area contributed by atoms with Crippen molar-refractivity contribution >= 4 is 34.6 Å². The Morgan fingerprint density at radius 1 is 1.11 bits per heavy atom. The van der Waals surface area contributed by atoms with Gasteiger partial charge in [0.05, 0.1) is 17.1 Å². The smallest absolute Gasteiger partial charge is 0.173 e. The summed E-state index contributed by atoms with van der Waals surface area (Å²) in [6.07, 6.45) is 1.25. The van der Waals surface area contributed by atoms with Gasteiger partial charge in [0.25, 0.3) is 0 Å². The van der Waals surface area contributed by atoms with Gasteiger partial charge in [-0.1, -0.05) is 0 Å². The first-order chi connectivity index (χ1) is 15.9. The van der Waals surface area contributed by atoms with Crippen molar-refractivity contribution < 1.29 is 42.8 Å². The number of phenols is 1. The lowest BCUT2D eigenvalue weighted by molar-refractivity contribution is -0.127. The van der Waals surface area contributed by atoms with Crippen LogP contribution in [0.1, 0.15) is 52.7 Å². The zero-order valence-corrected chi connectivity index (χ0v) is 20.3. The third kappa shape index (κ3) is 4.14. The van der Waals surface area contributed by atoms with Crippen LogP contribution in [0.3, 0.4) is 0 Å². The van der Waals surface area contributed by atoms with E-state index in [2.05, 4.69) is 0 Å². The van der Waals surface area contributed by atoms with Gasteiger partial charge in [0.2, 0.25) is 0 Å². The maximum atomic E-state index is 13.6. The van der Waals surface area contributed by atoms with Crippen LogP contribution in [0.25, 0.3) is 5.76 Å². The third-order valence-corrected chi connectivity index (χ3v) is 7.28. The Labute approximate surface area is 206 Å². The zero-order valence-electron chi connectivity index (χ0n) is 20.3. The molecule has 0 saturated heterocycles. The Morgan fingerprint density at radius 3 is 2.34 bits per heavy atom. The number of carbonyl (C=O) groups excluding carboxylic acids is 4. The van der Waals surface area contributed by atoms with Gasteiger partial charge in [-0.15, -0.1) is 0 Å². The number of hydrogen-bond donors (Lipinski definition) is 3. The largest absolute Gasteiger partial charge is 0.511 e. The summed E-state index contributed by atoms with van der Waals surface area (Å²) in [5.74, 6) is -4.54. The second-order valence-electron chi connectivity index (χ2n) is 9.80. The van der Waals surface area contributed by atoms with Crippen molar-refractivity contribution in [3.8, 4) is 5.75 Å². The molecule has 9 nitrogen and oxygen atoms in total. The van der Waals surface area contributed by atoms with Gasteiger partial charge in [0.1, 0.15) is 23.1 Å². The SMILES string of the molecule is CC(=O)CCc1cc(N(C)C)c2c(c1O)C(O)=C1C(=O)C3C(O)=C(C(C)=O)C(=O)CC3CC1C2.O.[HH].[HH]. The average Bonchev–Trinajstić information content (AvgIpc) is 2.71. The van der Waals surface area contributed by atoms with Crippen molar-refractivity contribution in [2.45, 2.75) is 46.0 Å². The monoisotopic (exact) mass is 489 g/mol. The summed E-state index contributed by atoms with van der Waals surface area (Å²) in [6, 6.07) is 1.81. The molecule has 0 heterocycles. The van der Waals surface area contributed by atoms with E-state index in [0.29, 0.717) is 24.0 Å². The number of ketones is 4. The highest BCUT2D eigenvalue weighted by atomic mass is 16.3. The van der Waals surface area contributed by atoms with Gasteiger partial charge < -0.3 is 30.5 Å². The lowest BCUT2D eigenvalue weighted by Gasteiger charge is -2.41. The highest BCUT2D eigenvalue weighted by Gasteiger charge is 2.50. The number of nitrogens with zero attached hydrogens (tertiary/aromatic N) is 1. The van der Waals surface area contributed by atoms with E-state index in [-0.39, 0.29) is 67.5 Å². The molecule has 0 bridgehead atoms. The molecule has 3 aliphatic carbocycles. The molecule has 3 atom stereocenters. The Kier molecular flexibility index (Phi) is 6.95. The van der Waals surface area contributed by atoms with E-state index in [1.165, 1.54) is 13.8 Å². The van der Waals surface area contributed by atoms with Crippen molar-refractivity contribution in [2.75, 3.05) is 19.0 Å². The minimum absolute atomic E-state index is 0. The second kappa shape index (κ2) is 9.30. The van der Waals surface area contributed by atoms with Crippen LogP contribution >= 0.6 is 0 Å². The number of Topliss-reactive ketones (excluding diaryl/α,β-unsaturated/α-hetero) is 4. The molecule has 0 aliphatic heterocycles. The lowest BCUT2D eigenvalue weighted by Crippen LogP contribution is -2.43. The Morgan fingerprint density at radius 2 is 1.77 bits per heavy atom. The summed E-state index contributed by atoms with van der Waals surface area (Å²) in [5, 5.41) is 33.1. The Bertz CT molecular complexity index is 1220. The number of hydrogen-bond acceptors (Lipinski definition) is 8. The molecule has 1 aromatic rings. The number of benzene rings is 1. The zero-order chi connectivity index (χ0) is 25.1. The molecule has 35 heavy (non-hydrogen) atoms. The third-order valence-electron chi connectivity index (χ3n) is 7.28. The van der Waals surface area contributed by atoms with E-state index in [0.717, 1.165) is 5.69 Å². The number of aryl methyl sites for hydroxylation is 1. The minimum Gasteiger partial charge on any atom is -0.511 e. The number of aliphatic hydroxyl groups is 2. The number of aromatic hydroxyl groups is 1. The molecule has 0 spiro atoms. The number of carbonyl (C=O) groups is 4. The molecule has 4 rings (SSSR count).